The fourth-order valence-electron chi connectivity index (χ4n) is 3.39. The molecule has 0 radical (unpaired) electrons. The van der Waals surface area contributed by atoms with E-state index < -0.39 is 23.5 Å². The van der Waals surface area contributed by atoms with Crippen molar-refractivity contribution in [3.8, 4) is 0 Å². The second kappa shape index (κ2) is 6.11. The number of carboxylic acids is 1. The van der Waals surface area contributed by atoms with Gasteiger partial charge in [0.2, 0.25) is 0 Å². The Morgan fingerprint density at radius 2 is 1.85 bits per heavy atom. The van der Waals surface area contributed by atoms with Crippen LogP contribution < -0.4 is 0 Å². The number of benzene rings is 2. The largest absolute Gasteiger partial charge is 0.478 e. The molecule has 1 aliphatic carbocycles. The van der Waals surface area contributed by atoms with Crippen molar-refractivity contribution in [3.63, 3.8) is 0 Å². The summed E-state index contributed by atoms with van der Waals surface area (Å²) in [6.45, 7) is 0. The number of aromatic carboxylic acids is 1. The fourth-order valence-corrected chi connectivity index (χ4v) is 3.39. The molecule has 1 aromatic heterocycles. The number of hydrogen-bond donors (Lipinski definition) is 1. The molecule has 0 unspecified atom stereocenters. The fraction of sp³-hybridized carbons (Fsp3) is 0.250. The Morgan fingerprint density at radius 3 is 2.44 bits per heavy atom. The minimum Gasteiger partial charge on any atom is -0.478 e. The van der Waals surface area contributed by atoms with Gasteiger partial charge in [0.05, 0.1) is 11.1 Å². The van der Waals surface area contributed by atoms with Crippen LogP contribution in [0, 0.1) is 5.82 Å². The van der Waals surface area contributed by atoms with Gasteiger partial charge in [0.15, 0.2) is 0 Å². The molecular weight excluding hydrogens is 362 g/mol. The van der Waals surface area contributed by atoms with E-state index in [1.165, 1.54) is 6.07 Å². The number of nitrogens with zero attached hydrogens (tertiary/aromatic N) is 1. The summed E-state index contributed by atoms with van der Waals surface area (Å²) in [5.74, 6) is -1.94. The standard InChI is InChI=1S/C20H15F4NO2/c21-17-10-14(20(22,23)24)3-1-11(17)8-16-9-13-7-12(19(26)27)2-6-18(13)25(16)15-4-5-15/h1-3,6-7,9-10,15H,4-5,8H2,(H,26,27). The Balaban J connectivity index is 1.75. The maximum atomic E-state index is 14.3. The third kappa shape index (κ3) is 3.29. The van der Waals surface area contributed by atoms with Crippen molar-refractivity contribution >= 4 is 16.9 Å². The minimum absolute atomic E-state index is 0.136. The summed E-state index contributed by atoms with van der Waals surface area (Å²) in [4.78, 5) is 11.2. The maximum Gasteiger partial charge on any atom is 0.416 e. The molecule has 1 N–H and O–H groups in total. The number of carbonyl (C=O) groups is 1. The first-order valence-electron chi connectivity index (χ1n) is 8.47. The van der Waals surface area contributed by atoms with Crippen LogP contribution in [0.2, 0.25) is 0 Å². The zero-order valence-corrected chi connectivity index (χ0v) is 14.1. The van der Waals surface area contributed by atoms with Crippen LogP contribution in [-0.4, -0.2) is 15.6 Å². The second-order valence-corrected chi connectivity index (χ2v) is 6.80. The van der Waals surface area contributed by atoms with Gasteiger partial charge in [-0.1, -0.05) is 6.07 Å². The van der Waals surface area contributed by atoms with Gasteiger partial charge < -0.3 is 9.67 Å². The predicted molar refractivity (Wildman–Crippen MR) is 91.4 cm³/mol. The van der Waals surface area contributed by atoms with Gasteiger partial charge in [-0.25, -0.2) is 9.18 Å². The summed E-state index contributed by atoms with van der Waals surface area (Å²) in [5.41, 5.74) is 0.921. The molecule has 2 aromatic carbocycles. The number of fused-ring (bicyclic) bond motifs is 1. The first-order valence-corrected chi connectivity index (χ1v) is 8.47. The third-order valence-corrected chi connectivity index (χ3v) is 4.83. The van der Waals surface area contributed by atoms with Crippen molar-refractivity contribution in [1.29, 1.82) is 0 Å². The zero-order chi connectivity index (χ0) is 19.3. The molecule has 0 saturated heterocycles. The van der Waals surface area contributed by atoms with Crippen LogP contribution in [0.25, 0.3) is 10.9 Å². The van der Waals surface area contributed by atoms with Crippen LogP contribution in [0.1, 0.15) is 46.1 Å². The van der Waals surface area contributed by atoms with Crippen LogP contribution in [0.3, 0.4) is 0 Å². The normalized spacial score (nSPS) is 14.7. The summed E-state index contributed by atoms with van der Waals surface area (Å²) in [6, 6.07) is 9.41. The first-order chi connectivity index (χ1) is 12.7. The molecule has 1 heterocycles. The van der Waals surface area contributed by atoms with Gasteiger partial charge in [0.1, 0.15) is 5.82 Å². The molecule has 3 aromatic rings. The molecule has 1 saturated carbocycles. The van der Waals surface area contributed by atoms with Crippen molar-refractivity contribution in [2.45, 2.75) is 31.5 Å². The SMILES string of the molecule is O=C(O)c1ccc2c(c1)cc(Cc1ccc(C(F)(F)F)cc1F)n2C1CC1. The van der Waals surface area contributed by atoms with Crippen LogP contribution in [0.4, 0.5) is 17.6 Å². The van der Waals surface area contributed by atoms with E-state index in [2.05, 4.69) is 0 Å². The van der Waals surface area contributed by atoms with Crippen molar-refractivity contribution in [2.24, 2.45) is 0 Å². The van der Waals surface area contributed by atoms with Crippen LogP contribution >= 0.6 is 0 Å². The van der Waals surface area contributed by atoms with Crippen molar-refractivity contribution in [2.75, 3.05) is 0 Å². The molecule has 4 rings (SSSR count). The van der Waals surface area contributed by atoms with E-state index in [1.807, 2.05) is 4.57 Å². The van der Waals surface area contributed by atoms with E-state index in [-0.39, 0.29) is 23.6 Å². The minimum atomic E-state index is -4.59. The monoisotopic (exact) mass is 377 g/mol. The molecule has 140 valence electrons. The number of alkyl halides is 3. The van der Waals surface area contributed by atoms with Crippen LogP contribution in [0.15, 0.2) is 42.5 Å². The number of carboxylic acid groups (broad SMARTS) is 1. The second-order valence-electron chi connectivity index (χ2n) is 6.80. The van der Waals surface area contributed by atoms with Crippen molar-refractivity contribution in [3.05, 3.63) is 70.7 Å². The lowest BCUT2D eigenvalue weighted by atomic mass is 10.1. The van der Waals surface area contributed by atoms with Gasteiger partial charge in [-0.2, -0.15) is 13.2 Å². The lowest BCUT2D eigenvalue weighted by Gasteiger charge is -2.12. The van der Waals surface area contributed by atoms with Gasteiger partial charge in [-0.05, 0) is 54.8 Å². The Kier molecular flexibility index (Phi) is 3.98. The smallest absolute Gasteiger partial charge is 0.416 e. The van der Waals surface area contributed by atoms with Crippen molar-refractivity contribution in [1.82, 2.24) is 4.57 Å². The molecule has 27 heavy (non-hydrogen) atoms. The zero-order valence-electron chi connectivity index (χ0n) is 14.1. The highest BCUT2D eigenvalue weighted by Crippen LogP contribution is 2.40. The van der Waals surface area contributed by atoms with Crippen molar-refractivity contribution < 1.29 is 27.5 Å². The third-order valence-electron chi connectivity index (χ3n) is 4.83. The average Bonchev–Trinajstić information content (AvgIpc) is 3.36. The molecule has 3 nitrogen and oxygen atoms in total. The van der Waals surface area contributed by atoms with Gasteiger partial charge in [-0.3, -0.25) is 0 Å². The molecule has 0 atom stereocenters. The van der Waals surface area contributed by atoms with E-state index in [1.54, 1.807) is 18.2 Å². The Bertz CT molecular complexity index is 1050. The quantitative estimate of drug-likeness (QED) is 0.617. The maximum absolute atomic E-state index is 14.3. The Labute approximate surface area is 151 Å². The van der Waals surface area contributed by atoms with E-state index >= 15 is 0 Å². The first kappa shape index (κ1) is 17.6. The highest BCUT2D eigenvalue weighted by atomic mass is 19.4. The molecular formula is C20H15F4NO2. The molecule has 0 spiro atoms. The predicted octanol–water partition coefficient (Wildman–Crippen LogP) is 5.42. The summed E-state index contributed by atoms with van der Waals surface area (Å²) >= 11 is 0. The van der Waals surface area contributed by atoms with E-state index in [0.717, 1.165) is 41.6 Å². The highest BCUT2D eigenvalue weighted by Gasteiger charge is 2.32. The number of rotatable bonds is 4. The summed E-state index contributed by atoms with van der Waals surface area (Å²) in [6.07, 6.45) is -2.52. The van der Waals surface area contributed by atoms with Crippen LogP contribution in [0.5, 0.6) is 0 Å². The summed E-state index contributed by atoms with van der Waals surface area (Å²) in [7, 11) is 0. The van der Waals surface area contributed by atoms with Gasteiger partial charge in [0.25, 0.3) is 0 Å². The molecule has 7 heteroatoms. The summed E-state index contributed by atoms with van der Waals surface area (Å²) in [5, 5.41) is 9.88. The summed E-state index contributed by atoms with van der Waals surface area (Å²) < 4.78 is 54.5. The Morgan fingerprint density at radius 1 is 1.11 bits per heavy atom. The van der Waals surface area contributed by atoms with Gasteiger partial charge in [-0.15, -0.1) is 0 Å². The lowest BCUT2D eigenvalue weighted by molar-refractivity contribution is -0.137. The van der Waals surface area contributed by atoms with E-state index in [0.29, 0.717) is 6.07 Å². The van der Waals surface area contributed by atoms with E-state index in [9.17, 15) is 22.4 Å². The van der Waals surface area contributed by atoms with Crippen LogP contribution in [-0.2, 0) is 12.6 Å². The topological polar surface area (TPSA) is 42.2 Å². The van der Waals surface area contributed by atoms with Gasteiger partial charge in [0, 0.05) is 29.1 Å². The van der Waals surface area contributed by atoms with E-state index in [4.69, 9.17) is 5.11 Å². The van der Waals surface area contributed by atoms with Gasteiger partial charge >= 0.3 is 12.1 Å². The molecule has 1 aliphatic rings. The molecule has 1 fully saturated rings. The highest BCUT2D eigenvalue weighted by molar-refractivity contribution is 5.94. The number of halogens is 4. The average molecular weight is 377 g/mol. The Hall–Kier alpha value is -2.83. The number of hydrogen-bond acceptors (Lipinski definition) is 1. The molecule has 0 aliphatic heterocycles. The lowest BCUT2D eigenvalue weighted by Crippen LogP contribution is -2.07. The number of aromatic nitrogens is 1. The molecule has 0 bridgehead atoms. The molecule has 0 amide bonds.